The first kappa shape index (κ1) is 14.7. The minimum Gasteiger partial charge on any atom is -0.486 e. The van der Waals surface area contributed by atoms with Crippen LogP contribution >= 0.6 is 0 Å². The van der Waals surface area contributed by atoms with Gasteiger partial charge in [-0.25, -0.2) is 0 Å². The van der Waals surface area contributed by atoms with E-state index in [0.29, 0.717) is 17.0 Å². The molecule has 1 heterocycles. The molecule has 0 aromatic heterocycles. The van der Waals surface area contributed by atoms with Crippen molar-refractivity contribution in [1.29, 1.82) is 0 Å². The maximum Gasteiger partial charge on any atom is 0.252 e. The Kier molecular flexibility index (Phi) is 3.42. The van der Waals surface area contributed by atoms with E-state index in [1.807, 2.05) is 27.7 Å². The Morgan fingerprint density at radius 1 is 1.35 bits per heavy atom. The Labute approximate surface area is 119 Å². The van der Waals surface area contributed by atoms with Crippen LogP contribution in [-0.4, -0.2) is 23.2 Å². The summed E-state index contributed by atoms with van der Waals surface area (Å²) in [4.78, 5) is 11.5. The Morgan fingerprint density at radius 2 is 2.00 bits per heavy atom. The SMILES string of the molecule is CC1(C)CC(Oc2ccc(N)cc2C(N)=O)C(C)(C)O1. The van der Waals surface area contributed by atoms with E-state index in [1.54, 1.807) is 12.1 Å². The topological polar surface area (TPSA) is 87.6 Å². The highest BCUT2D eigenvalue weighted by atomic mass is 16.6. The molecule has 0 spiro atoms. The van der Waals surface area contributed by atoms with Gasteiger partial charge in [0.25, 0.3) is 5.91 Å². The number of rotatable bonds is 3. The van der Waals surface area contributed by atoms with Gasteiger partial charge in [-0.15, -0.1) is 0 Å². The number of nitrogens with two attached hydrogens (primary N) is 2. The number of ether oxygens (including phenoxy) is 2. The lowest BCUT2D eigenvalue weighted by molar-refractivity contribution is -0.0846. The molecule has 1 aliphatic rings. The monoisotopic (exact) mass is 278 g/mol. The van der Waals surface area contributed by atoms with Gasteiger partial charge in [0.15, 0.2) is 0 Å². The first-order valence-electron chi connectivity index (χ1n) is 6.67. The lowest BCUT2D eigenvalue weighted by atomic mass is 9.97. The van der Waals surface area contributed by atoms with Crippen LogP contribution in [0.2, 0.25) is 0 Å². The second-order valence-electron chi connectivity index (χ2n) is 6.40. The van der Waals surface area contributed by atoms with Crippen molar-refractivity contribution in [2.75, 3.05) is 5.73 Å². The van der Waals surface area contributed by atoms with Crippen LogP contribution in [0.15, 0.2) is 18.2 Å². The molecule has 5 nitrogen and oxygen atoms in total. The first-order valence-corrected chi connectivity index (χ1v) is 6.67. The number of hydrogen-bond donors (Lipinski definition) is 2. The quantitative estimate of drug-likeness (QED) is 0.829. The van der Waals surface area contributed by atoms with Crippen molar-refractivity contribution < 1.29 is 14.3 Å². The molecule has 5 heteroatoms. The van der Waals surface area contributed by atoms with Gasteiger partial charge in [-0.1, -0.05) is 0 Å². The number of hydrogen-bond acceptors (Lipinski definition) is 4. The molecule has 0 bridgehead atoms. The summed E-state index contributed by atoms with van der Waals surface area (Å²) < 4.78 is 12.0. The fourth-order valence-corrected chi connectivity index (χ4v) is 2.69. The highest BCUT2D eigenvalue weighted by Crippen LogP contribution is 2.40. The molecule has 1 atom stereocenters. The highest BCUT2D eigenvalue weighted by molar-refractivity contribution is 5.96. The van der Waals surface area contributed by atoms with E-state index in [0.717, 1.165) is 6.42 Å². The van der Waals surface area contributed by atoms with E-state index >= 15 is 0 Å². The number of anilines is 1. The molecule has 0 saturated carbocycles. The maximum atomic E-state index is 11.5. The van der Waals surface area contributed by atoms with Crippen molar-refractivity contribution in [3.8, 4) is 5.75 Å². The van der Waals surface area contributed by atoms with E-state index in [2.05, 4.69) is 0 Å². The zero-order valence-corrected chi connectivity index (χ0v) is 12.4. The summed E-state index contributed by atoms with van der Waals surface area (Å²) >= 11 is 0. The third kappa shape index (κ3) is 2.88. The summed E-state index contributed by atoms with van der Waals surface area (Å²) in [7, 11) is 0. The molecule has 1 aromatic rings. The molecular weight excluding hydrogens is 256 g/mol. The van der Waals surface area contributed by atoms with Gasteiger partial charge in [0.2, 0.25) is 0 Å². The average molecular weight is 278 g/mol. The Hall–Kier alpha value is -1.75. The predicted molar refractivity (Wildman–Crippen MR) is 77.6 cm³/mol. The van der Waals surface area contributed by atoms with Crippen molar-refractivity contribution in [3.05, 3.63) is 23.8 Å². The van der Waals surface area contributed by atoms with Crippen molar-refractivity contribution >= 4 is 11.6 Å². The van der Waals surface area contributed by atoms with Gasteiger partial charge in [-0.2, -0.15) is 0 Å². The fourth-order valence-electron chi connectivity index (χ4n) is 2.69. The number of amides is 1. The van der Waals surface area contributed by atoms with E-state index < -0.39 is 11.5 Å². The molecule has 110 valence electrons. The molecule has 1 fully saturated rings. The molecule has 1 aromatic carbocycles. The van der Waals surface area contributed by atoms with Crippen LogP contribution in [0.5, 0.6) is 5.75 Å². The van der Waals surface area contributed by atoms with Crippen LogP contribution in [-0.2, 0) is 4.74 Å². The first-order chi connectivity index (χ1) is 9.11. The molecule has 0 radical (unpaired) electrons. The normalized spacial score (nSPS) is 23.5. The lowest BCUT2D eigenvalue weighted by Crippen LogP contribution is -2.37. The van der Waals surface area contributed by atoms with Gasteiger partial charge < -0.3 is 20.9 Å². The minimum absolute atomic E-state index is 0.153. The van der Waals surface area contributed by atoms with Crippen molar-refractivity contribution in [2.24, 2.45) is 5.73 Å². The Morgan fingerprint density at radius 3 is 2.50 bits per heavy atom. The fraction of sp³-hybridized carbons (Fsp3) is 0.533. The van der Waals surface area contributed by atoms with Crippen molar-refractivity contribution in [3.63, 3.8) is 0 Å². The van der Waals surface area contributed by atoms with Gasteiger partial charge in [0.1, 0.15) is 17.5 Å². The number of carbonyl (C=O) groups excluding carboxylic acids is 1. The third-order valence-corrected chi connectivity index (χ3v) is 3.53. The van der Waals surface area contributed by atoms with Gasteiger partial charge in [-0.3, -0.25) is 4.79 Å². The highest BCUT2D eigenvalue weighted by Gasteiger charge is 2.47. The molecule has 1 saturated heterocycles. The van der Waals surface area contributed by atoms with Crippen LogP contribution in [0, 0.1) is 0 Å². The number of benzene rings is 1. The number of carbonyl (C=O) groups is 1. The molecule has 2 rings (SSSR count). The summed E-state index contributed by atoms with van der Waals surface area (Å²) in [5.41, 5.74) is 11.1. The number of primary amides is 1. The second-order valence-corrected chi connectivity index (χ2v) is 6.40. The largest absolute Gasteiger partial charge is 0.486 e. The van der Waals surface area contributed by atoms with Gasteiger partial charge >= 0.3 is 0 Å². The second kappa shape index (κ2) is 4.66. The molecular formula is C15H22N2O3. The third-order valence-electron chi connectivity index (χ3n) is 3.53. The summed E-state index contributed by atoms with van der Waals surface area (Å²) in [6.07, 6.45) is 0.585. The van der Waals surface area contributed by atoms with Crippen LogP contribution in [0.3, 0.4) is 0 Å². The summed E-state index contributed by atoms with van der Waals surface area (Å²) in [5.74, 6) is -0.102. The lowest BCUT2D eigenvalue weighted by Gasteiger charge is -2.28. The van der Waals surface area contributed by atoms with E-state index in [4.69, 9.17) is 20.9 Å². The summed E-state index contributed by atoms with van der Waals surface area (Å²) in [5, 5.41) is 0. The summed E-state index contributed by atoms with van der Waals surface area (Å²) in [6.45, 7) is 8.01. The maximum absolute atomic E-state index is 11.5. The standard InChI is InChI=1S/C15H22N2O3/c1-14(2)8-12(15(3,4)20-14)19-11-6-5-9(16)7-10(11)13(17)18/h5-7,12H,8,16H2,1-4H3,(H2,17,18). The van der Waals surface area contributed by atoms with Crippen LogP contribution in [0.4, 0.5) is 5.69 Å². The van der Waals surface area contributed by atoms with Crippen molar-refractivity contribution in [2.45, 2.75) is 51.4 Å². The van der Waals surface area contributed by atoms with Gasteiger partial charge in [0, 0.05) is 12.1 Å². The summed E-state index contributed by atoms with van der Waals surface area (Å²) in [6, 6.07) is 4.90. The molecule has 1 amide bonds. The van der Waals surface area contributed by atoms with E-state index in [-0.39, 0.29) is 11.7 Å². The van der Waals surface area contributed by atoms with Gasteiger partial charge in [-0.05, 0) is 45.9 Å². The molecule has 4 N–H and O–H groups in total. The zero-order valence-electron chi connectivity index (χ0n) is 12.4. The zero-order chi connectivity index (χ0) is 15.1. The Balaban J connectivity index is 2.29. The van der Waals surface area contributed by atoms with Crippen LogP contribution in [0.25, 0.3) is 0 Å². The predicted octanol–water partition coefficient (Wildman–Crippen LogP) is 2.09. The van der Waals surface area contributed by atoms with E-state index in [1.165, 1.54) is 6.07 Å². The molecule has 20 heavy (non-hydrogen) atoms. The number of nitrogen functional groups attached to an aromatic ring is 1. The van der Waals surface area contributed by atoms with Crippen LogP contribution in [0.1, 0.15) is 44.5 Å². The Bertz CT molecular complexity index is 538. The molecule has 0 aliphatic carbocycles. The van der Waals surface area contributed by atoms with Gasteiger partial charge in [0.05, 0.1) is 11.2 Å². The minimum atomic E-state index is -0.553. The average Bonchev–Trinajstić information content (AvgIpc) is 2.48. The molecule has 1 aliphatic heterocycles. The van der Waals surface area contributed by atoms with Crippen LogP contribution < -0.4 is 16.2 Å². The smallest absolute Gasteiger partial charge is 0.252 e. The van der Waals surface area contributed by atoms with E-state index in [9.17, 15) is 4.79 Å². The molecule has 1 unspecified atom stereocenters. The van der Waals surface area contributed by atoms with Crippen molar-refractivity contribution in [1.82, 2.24) is 0 Å².